The molecule has 0 radical (unpaired) electrons. The van der Waals surface area contributed by atoms with Crippen molar-refractivity contribution in [2.45, 2.75) is 26.2 Å². The van der Waals surface area contributed by atoms with E-state index < -0.39 is 5.92 Å². The van der Waals surface area contributed by atoms with E-state index in [1.807, 2.05) is 6.92 Å². The Labute approximate surface area is 125 Å². The van der Waals surface area contributed by atoms with Crippen LogP contribution in [0.5, 0.6) is 11.5 Å². The summed E-state index contributed by atoms with van der Waals surface area (Å²) in [6, 6.07) is 7.55. The second kappa shape index (κ2) is 8.15. The Hall–Kier alpha value is -2.22. The van der Waals surface area contributed by atoms with Crippen molar-refractivity contribution < 1.29 is 19.0 Å². The Bertz CT molecular complexity index is 521. The third-order valence-electron chi connectivity index (χ3n) is 3.27. The zero-order valence-electron chi connectivity index (χ0n) is 12.9. The quantitative estimate of drug-likeness (QED) is 0.722. The first-order valence-corrected chi connectivity index (χ1v) is 6.84. The number of hydrogen-bond acceptors (Lipinski definition) is 5. The number of esters is 1. The highest BCUT2D eigenvalue weighted by molar-refractivity contribution is 5.70. The van der Waals surface area contributed by atoms with Crippen LogP contribution in [0.25, 0.3) is 0 Å². The van der Waals surface area contributed by atoms with Crippen molar-refractivity contribution >= 4 is 5.97 Å². The predicted octanol–water partition coefficient (Wildman–Crippen LogP) is 2.90. The number of hydrogen-bond donors (Lipinski definition) is 0. The summed E-state index contributed by atoms with van der Waals surface area (Å²) in [7, 11) is 3.12. The minimum Gasteiger partial charge on any atom is -0.497 e. The van der Waals surface area contributed by atoms with E-state index in [0.717, 1.165) is 5.56 Å². The van der Waals surface area contributed by atoms with E-state index in [9.17, 15) is 10.1 Å². The van der Waals surface area contributed by atoms with Crippen molar-refractivity contribution in [2.75, 3.05) is 20.8 Å². The van der Waals surface area contributed by atoms with Gasteiger partial charge in [0, 0.05) is 12.0 Å². The molecule has 0 spiro atoms. The second-order valence-corrected chi connectivity index (χ2v) is 4.70. The van der Waals surface area contributed by atoms with Gasteiger partial charge in [0.15, 0.2) is 0 Å². The summed E-state index contributed by atoms with van der Waals surface area (Å²) in [6.45, 7) is 3.95. The number of carbonyl (C=O) groups excluding carboxylic acids is 1. The van der Waals surface area contributed by atoms with Crippen LogP contribution in [0.15, 0.2) is 18.2 Å². The van der Waals surface area contributed by atoms with Crippen LogP contribution in [-0.4, -0.2) is 26.8 Å². The van der Waals surface area contributed by atoms with Crippen molar-refractivity contribution in [3.05, 3.63) is 23.8 Å². The fourth-order valence-corrected chi connectivity index (χ4v) is 2.19. The molecule has 0 amide bonds. The molecule has 1 rings (SSSR count). The van der Waals surface area contributed by atoms with Gasteiger partial charge >= 0.3 is 5.97 Å². The lowest BCUT2D eigenvalue weighted by Gasteiger charge is -2.20. The maximum atomic E-state index is 11.6. The average molecular weight is 291 g/mol. The van der Waals surface area contributed by atoms with E-state index in [2.05, 4.69) is 6.07 Å². The molecule has 0 N–H and O–H groups in total. The summed E-state index contributed by atoms with van der Waals surface area (Å²) in [5, 5.41) is 9.48. The Morgan fingerprint density at radius 2 is 2.05 bits per heavy atom. The van der Waals surface area contributed by atoms with Crippen LogP contribution in [0.3, 0.4) is 0 Å². The average Bonchev–Trinajstić information content (AvgIpc) is 2.48. The van der Waals surface area contributed by atoms with Crippen LogP contribution in [-0.2, 0) is 9.53 Å². The number of nitrogens with zero attached hydrogens (tertiary/aromatic N) is 1. The van der Waals surface area contributed by atoms with Gasteiger partial charge in [-0.3, -0.25) is 4.79 Å². The molecule has 21 heavy (non-hydrogen) atoms. The fourth-order valence-electron chi connectivity index (χ4n) is 2.19. The predicted molar refractivity (Wildman–Crippen MR) is 78.3 cm³/mol. The lowest BCUT2D eigenvalue weighted by molar-refractivity contribution is -0.144. The molecular formula is C16H21NO4. The third-order valence-corrected chi connectivity index (χ3v) is 3.27. The summed E-state index contributed by atoms with van der Waals surface area (Å²) in [6.07, 6.45) is 0.187. The summed E-state index contributed by atoms with van der Waals surface area (Å²) in [5.41, 5.74) is 0.719. The van der Waals surface area contributed by atoms with Crippen LogP contribution in [0.4, 0.5) is 0 Å². The molecule has 0 bridgehead atoms. The molecule has 0 fully saturated rings. The Kier molecular flexibility index (Phi) is 6.54. The van der Waals surface area contributed by atoms with Crippen LogP contribution in [0.1, 0.15) is 31.7 Å². The molecule has 114 valence electrons. The molecule has 0 saturated carbocycles. The van der Waals surface area contributed by atoms with Crippen LogP contribution < -0.4 is 9.47 Å². The maximum absolute atomic E-state index is 11.6. The van der Waals surface area contributed by atoms with Gasteiger partial charge in [0.25, 0.3) is 0 Å². The van der Waals surface area contributed by atoms with Crippen LogP contribution in [0, 0.1) is 17.2 Å². The molecule has 1 aromatic carbocycles. The Morgan fingerprint density at radius 1 is 1.33 bits per heavy atom. The van der Waals surface area contributed by atoms with Crippen molar-refractivity contribution in [3.8, 4) is 17.6 Å². The summed E-state index contributed by atoms with van der Waals surface area (Å²) < 4.78 is 15.4. The number of rotatable bonds is 7. The minimum absolute atomic E-state index is 0.185. The van der Waals surface area contributed by atoms with E-state index in [1.165, 1.54) is 0 Å². The zero-order chi connectivity index (χ0) is 15.8. The summed E-state index contributed by atoms with van der Waals surface area (Å²) >= 11 is 0. The molecule has 0 aliphatic rings. The number of methoxy groups -OCH3 is 2. The molecule has 5 heteroatoms. The van der Waals surface area contributed by atoms with Gasteiger partial charge in [-0.1, -0.05) is 6.92 Å². The monoisotopic (exact) mass is 291 g/mol. The molecule has 5 nitrogen and oxygen atoms in total. The Balaban J connectivity index is 3.03. The molecule has 0 aromatic heterocycles. The highest BCUT2D eigenvalue weighted by atomic mass is 16.5. The lowest BCUT2D eigenvalue weighted by Crippen LogP contribution is -2.16. The van der Waals surface area contributed by atoms with Crippen molar-refractivity contribution in [2.24, 2.45) is 5.92 Å². The van der Waals surface area contributed by atoms with E-state index in [4.69, 9.17) is 14.2 Å². The number of benzene rings is 1. The summed E-state index contributed by atoms with van der Waals surface area (Å²) in [4.78, 5) is 11.6. The Morgan fingerprint density at radius 3 is 2.57 bits per heavy atom. The number of nitriles is 1. The first-order valence-electron chi connectivity index (χ1n) is 6.84. The fraction of sp³-hybridized carbons (Fsp3) is 0.500. The molecule has 0 saturated heterocycles. The minimum atomic E-state index is -0.473. The van der Waals surface area contributed by atoms with Gasteiger partial charge in [0.2, 0.25) is 0 Å². The van der Waals surface area contributed by atoms with Gasteiger partial charge in [0.05, 0.1) is 32.8 Å². The topological polar surface area (TPSA) is 68.6 Å². The SMILES string of the molecule is CCOC(=O)CC(C)C(C#N)c1cc(OC)ccc1OC. The van der Waals surface area contributed by atoms with Gasteiger partial charge < -0.3 is 14.2 Å². The lowest BCUT2D eigenvalue weighted by atomic mass is 9.85. The molecule has 2 unspecified atom stereocenters. The molecule has 1 aromatic rings. The van der Waals surface area contributed by atoms with Crippen molar-refractivity contribution in [3.63, 3.8) is 0 Å². The van der Waals surface area contributed by atoms with Gasteiger partial charge in [0.1, 0.15) is 11.5 Å². The molecule has 2 atom stereocenters. The third kappa shape index (κ3) is 4.38. The number of carbonyl (C=O) groups is 1. The largest absolute Gasteiger partial charge is 0.497 e. The van der Waals surface area contributed by atoms with Crippen LogP contribution in [0.2, 0.25) is 0 Å². The van der Waals surface area contributed by atoms with Crippen LogP contribution >= 0.6 is 0 Å². The molecule has 0 aliphatic carbocycles. The van der Waals surface area contributed by atoms with Gasteiger partial charge in [-0.05, 0) is 31.0 Å². The van der Waals surface area contributed by atoms with E-state index in [1.54, 1.807) is 39.3 Å². The van der Waals surface area contributed by atoms with E-state index in [0.29, 0.717) is 18.1 Å². The maximum Gasteiger partial charge on any atom is 0.306 e. The van der Waals surface area contributed by atoms with E-state index >= 15 is 0 Å². The normalized spacial score (nSPS) is 12.9. The van der Waals surface area contributed by atoms with Gasteiger partial charge in [-0.2, -0.15) is 5.26 Å². The molecular weight excluding hydrogens is 270 g/mol. The molecule has 0 aliphatic heterocycles. The van der Waals surface area contributed by atoms with Gasteiger partial charge in [-0.15, -0.1) is 0 Å². The second-order valence-electron chi connectivity index (χ2n) is 4.70. The highest BCUT2D eigenvalue weighted by Crippen LogP contribution is 2.35. The highest BCUT2D eigenvalue weighted by Gasteiger charge is 2.25. The summed E-state index contributed by atoms with van der Waals surface area (Å²) in [5.74, 6) is 0.300. The first kappa shape index (κ1) is 16.8. The molecule has 0 heterocycles. The van der Waals surface area contributed by atoms with Crippen molar-refractivity contribution in [1.29, 1.82) is 5.26 Å². The standard InChI is InChI=1S/C16H21NO4/c1-5-21-16(18)8-11(2)14(10-17)13-9-12(19-3)6-7-15(13)20-4/h6-7,9,11,14H,5,8H2,1-4H3. The van der Waals surface area contributed by atoms with E-state index in [-0.39, 0.29) is 18.3 Å². The smallest absolute Gasteiger partial charge is 0.306 e. The first-order chi connectivity index (χ1) is 10.1. The number of ether oxygens (including phenoxy) is 3. The zero-order valence-corrected chi connectivity index (χ0v) is 12.9. The van der Waals surface area contributed by atoms with Crippen molar-refractivity contribution in [1.82, 2.24) is 0 Å². The van der Waals surface area contributed by atoms with Gasteiger partial charge in [-0.25, -0.2) is 0 Å².